The van der Waals surface area contributed by atoms with Crippen LogP contribution in [0.3, 0.4) is 0 Å². The average Bonchev–Trinajstić information content (AvgIpc) is 2.30. The first-order valence-electron chi connectivity index (χ1n) is 6.08. The predicted molar refractivity (Wildman–Crippen MR) is 69.6 cm³/mol. The first kappa shape index (κ1) is 13.0. The summed E-state index contributed by atoms with van der Waals surface area (Å²) >= 11 is 0. The van der Waals surface area contributed by atoms with Crippen LogP contribution in [0, 0.1) is 0 Å². The molecule has 0 aliphatic rings. The maximum Gasteiger partial charge on any atom is 0.128 e. The van der Waals surface area contributed by atoms with Crippen LogP contribution in [0.4, 0.5) is 5.82 Å². The first-order chi connectivity index (χ1) is 7.60. The van der Waals surface area contributed by atoms with Crippen LogP contribution in [0.25, 0.3) is 0 Å². The summed E-state index contributed by atoms with van der Waals surface area (Å²) in [5.74, 6) is 1.04. The van der Waals surface area contributed by atoms with Crippen LogP contribution in [-0.2, 0) is 0 Å². The lowest BCUT2D eigenvalue weighted by molar-refractivity contribution is 0.622. The molecule has 3 nitrogen and oxygen atoms in total. The predicted octanol–water partition coefficient (Wildman–Crippen LogP) is 2.73. The highest BCUT2D eigenvalue weighted by atomic mass is 15.2. The van der Waals surface area contributed by atoms with Gasteiger partial charge < -0.3 is 10.6 Å². The lowest BCUT2D eigenvalue weighted by Crippen LogP contribution is -2.32. The molecule has 0 saturated carbocycles. The lowest BCUT2D eigenvalue weighted by atomic mass is 10.1. The molecule has 0 radical (unpaired) electrons. The van der Waals surface area contributed by atoms with Crippen molar-refractivity contribution in [2.24, 2.45) is 5.73 Å². The maximum absolute atomic E-state index is 5.80. The molecule has 0 saturated heterocycles. The minimum Gasteiger partial charge on any atom is -0.354 e. The molecule has 1 heterocycles. The van der Waals surface area contributed by atoms with Crippen molar-refractivity contribution in [1.82, 2.24) is 4.98 Å². The zero-order valence-electron chi connectivity index (χ0n) is 10.8. The highest BCUT2D eigenvalue weighted by molar-refractivity contribution is 5.40. The van der Waals surface area contributed by atoms with Gasteiger partial charge >= 0.3 is 0 Å². The Balaban J connectivity index is 2.86. The number of rotatable bonds is 5. The number of nitrogens with zero attached hydrogens (tertiary/aromatic N) is 2. The second kappa shape index (κ2) is 5.85. The third-order valence-electron chi connectivity index (χ3n) is 3.05. The maximum atomic E-state index is 5.80. The Hall–Kier alpha value is -1.09. The summed E-state index contributed by atoms with van der Waals surface area (Å²) < 4.78 is 0. The molecule has 1 rings (SSSR count). The van der Waals surface area contributed by atoms with Crippen molar-refractivity contribution in [3.63, 3.8) is 0 Å². The fraction of sp³-hybridized carbons (Fsp3) is 0.615. The van der Waals surface area contributed by atoms with Crippen molar-refractivity contribution < 1.29 is 0 Å². The van der Waals surface area contributed by atoms with Crippen LogP contribution in [0.2, 0.25) is 0 Å². The number of anilines is 1. The molecule has 1 unspecified atom stereocenters. The molecule has 0 aliphatic carbocycles. The summed E-state index contributed by atoms with van der Waals surface area (Å²) in [6.45, 7) is 9.55. The van der Waals surface area contributed by atoms with E-state index in [-0.39, 0.29) is 6.04 Å². The monoisotopic (exact) mass is 221 g/mol. The van der Waals surface area contributed by atoms with Crippen molar-refractivity contribution in [2.45, 2.75) is 46.2 Å². The van der Waals surface area contributed by atoms with Gasteiger partial charge in [0, 0.05) is 24.8 Å². The van der Waals surface area contributed by atoms with E-state index in [2.05, 4.69) is 42.8 Å². The van der Waals surface area contributed by atoms with Gasteiger partial charge in [-0.05, 0) is 38.8 Å². The van der Waals surface area contributed by atoms with E-state index in [0.29, 0.717) is 6.04 Å². The molecule has 0 fully saturated rings. The zero-order chi connectivity index (χ0) is 12.1. The summed E-state index contributed by atoms with van der Waals surface area (Å²) in [5.41, 5.74) is 6.89. The number of nitrogens with two attached hydrogens (primary N) is 1. The van der Waals surface area contributed by atoms with Crippen LogP contribution in [0.5, 0.6) is 0 Å². The van der Waals surface area contributed by atoms with Gasteiger partial charge in [-0.25, -0.2) is 4.98 Å². The number of aromatic nitrogens is 1. The summed E-state index contributed by atoms with van der Waals surface area (Å²) in [6, 6.07) is 4.71. The molecule has 0 aliphatic heterocycles. The fourth-order valence-corrected chi connectivity index (χ4v) is 1.76. The van der Waals surface area contributed by atoms with Gasteiger partial charge in [-0.1, -0.05) is 13.0 Å². The van der Waals surface area contributed by atoms with E-state index in [0.717, 1.165) is 24.3 Å². The fourth-order valence-electron chi connectivity index (χ4n) is 1.76. The molecule has 90 valence electrons. The average molecular weight is 221 g/mol. The van der Waals surface area contributed by atoms with Gasteiger partial charge in [0.15, 0.2) is 0 Å². The van der Waals surface area contributed by atoms with Crippen molar-refractivity contribution in [1.29, 1.82) is 0 Å². The minimum atomic E-state index is 0.0558. The zero-order valence-corrected chi connectivity index (χ0v) is 10.8. The Morgan fingerprint density at radius 1 is 1.31 bits per heavy atom. The largest absolute Gasteiger partial charge is 0.354 e. The molecule has 0 bridgehead atoms. The van der Waals surface area contributed by atoms with Gasteiger partial charge in [0.1, 0.15) is 5.82 Å². The Kier molecular flexibility index (Phi) is 4.74. The van der Waals surface area contributed by atoms with Crippen LogP contribution < -0.4 is 10.6 Å². The molecule has 2 N–H and O–H groups in total. The van der Waals surface area contributed by atoms with E-state index in [1.54, 1.807) is 0 Å². The molecule has 1 aromatic rings. The van der Waals surface area contributed by atoms with Crippen LogP contribution in [0.1, 0.15) is 45.7 Å². The smallest absolute Gasteiger partial charge is 0.128 e. The topological polar surface area (TPSA) is 42.1 Å². The molecular weight excluding hydrogens is 198 g/mol. The van der Waals surface area contributed by atoms with Crippen molar-refractivity contribution in [3.05, 3.63) is 23.9 Å². The Morgan fingerprint density at radius 3 is 2.38 bits per heavy atom. The normalized spacial score (nSPS) is 14.6. The molecule has 0 amide bonds. The van der Waals surface area contributed by atoms with E-state index < -0.39 is 0 Å². The highest BCUT2D eigenvalue weighted by Gasteiger charge is 2.12. The summed E-state index contributed by atoms with van der Waals surface area (Å²) in [4.78, 5) is 6.80. The Morgan fingerprint density at radius 2 is 2.00 bits per heavy atom. The quantitative estimate of drug-likeness (QED) is 0.831. The Bertz CT molecular complexity index is 305. The van der Waals surface area contributed by atoms with Gasteiger partial charge in [-0.2, -0.15) is 0 Å². The molecule has 0 aromatic carbocycles. The van der Waals surface area contributed by atoms with Gasteiger partial charge in [-0.3, -0.25) is 0 Å². The van der Waals surface area contributed by atoms with Crippen molar-refractivity contribution in [3.8, 4) is 0 Å². The Labute approximate surface area is 98.7 Å². The standard InChI is InChI=1S/C13H23N3/c1-5-10(3)16(6-2)13-8-7-12(9-15-13)11(4)14/h7-11H,5-6,14H2,1-4H3/t10?,11-/m0/s1. The van der Waals surface area contributed by atoms with Crippen LogP contribution in [0.15, 0.2) is 18.3 Å². The van der Waals surface area contributed by atoms with Gasteiger partial charge in [0.2, 0.25) is 0 Å². The lowest BCUT2D eigenvalue weighted by Gasteiger charge is -2.28. The summed E-state index contributed by atoms with van der Waals surface area (Å²) in [6.07, 6.45) is 3.01. The van der Waals surface area contributed by atoms with Crippen molar-refractivity contribution >= 4 is 5.82 Å². The molecule has 1 aromatic heterocycles. The second-order valence-electron chi connectivity index (χ2n) is 4.28. The third-order valence-corrected chi connectivity index (χ3v) is 3.05. The number of pyridine rings is 1. The van der Waals surface area contributed by atoms with Gasteiger partial charge in [0.05, 0.1) is 0 Å². The number of hydrogen-bond acceptors (Lipinski definition) is 3. The number of hydrogen-bond donors (Lipinski definition) is 1. The third kappa shape index (κ3) is 2.95. The van der Waals surface area contributed by atoms with Crippen LogP contribution >= 0.6 is 0 Å². The van der Waals surface area contributed by atoms with Crippen molar-refractivity contribution in [2.75, 3.05) is 11.4 Å². The van der Waals surface area contributed by atoms with Gasteiger partial charge in [-0.15, -0.1) is 0 Å². The highest BCUT2D eigenvalue weighted by Crippen LogP contribution is 2.17. The second-order valence-corrected chi connectivity index (χ2v) is 4.28. The minimum absolute atomic E-state index is 0.0558. The molecule has 0 spiro atoms. The first-order valence-corrected chi connectivity index (χ1v) is 6.08. The molecular formula is C13H23N3. The van der Waals surface area contributed by atoms with Crippen LogP contribution in [-0.4, -0.2) is 17.6 Å². The van der Waals surface area contributed by atoms with E-state index in [1.807, 2.05) is 13.1 Å². The van der Waals surface area contributed by atoms with E-state index in [1.165, 1.54) is 0 Å². The van der Waals surface area contributed by atoms with E-state index in [4.69, 9.17) is 5.73 Å². The SMILES string of the molecule is CCC(C)N(CC)c1ccc([C@H](C)N)cn1. The molecule has 3 heteroatoms. The van der Waals surface area contributed by atoms with E-state index in [9.17, 15) is 0 Å². The summed E-state index contributed by atoms with van der Waals surface area (Å²) in [7, 11) is 0. The van der Waals surface area contributed by atoms with Gasteiger partial charge in [0.25, 0.3) is 0 Å². The molecule has 16 heavy (non-hydrogen) atoms. The molecule has 2 atom stereocenters. The van der Waals surface area contributed by atoms with E-state index >= 15 is 0 Å². The summed E-state index contributed by atoms with van der Waals surface area (Å²) in [5, 5.41) is 0.